The van der Waals surface area contributed by atoms with Gasteiger partial charge in [-0.25, -0.2) is 4.52 Å². The zero-order valence-corrected chi connectivity index (χ0v) is 16.4. The molecule has 1 amide bonds. The zero-order valence-electron chi connectivity index (χ0n) is 15.6. The van der Waals surface area contributed by atoms with Gasteiger partial charge < -0.3 is 5.32 Å². The molecule has 0 saturated heterocycles. The average Bonchev–Trinajstić information content (AvgIpc) is 3.32. The van der Waals surface area contributed by atoms with Gasteiger partial charge in [-0.3, -0.25) is 4.79 Å². The number of nitrogens with zero attached hydrogens (tertiary/aromatic N) is 6. The first-order valence-corrected chi connectivity index (χ1v) is 10.2. The Morgan fingerprint density at radius 1 is 1.22 bits per heavy atom. The van der Waals surface area contributed by atoms with Gasteiger partial charge in [0.25, 0.3) is 0 Å². The maximum absolute atomic E-state index is 12.4. The van der Waals surface area contributed by atoms with Crippen LogP contribution in [-0.4, -0.2) is 35.9 Å². The molecule has 0 unspecified atom stereocenters. The topological polar surface area (TPSA) is 98.0 Å². The van der Waals surface area contributed by atoms with E-state index in [1.54, 1.807) is 10.8 Å². The Hall–Kier alpha value is -2.42. The Bertz CT molecular complexity index is 958. The fraction of sp³-hybridized carbons (Fsp3) is 0.556. The van der Waals surface area contributed by atoms with Gasteiger partial charge in [0.15, 0.2) is 5.65 Å². The molecule has 142 valence electrons. The molecule has 1 aliphatic rings. The van der Waals surface area contributed by atoms with Crippen LogP contribution in [0, 0.1) is 13.8 Å². The number of carbonyl (C=O) groups excluding carboxylic acids is 1. The van der Waals surface area contributed by atoms with Crippen LogP contribution in [0.2, 0.25) is 0 Å². The van der Waals surface area contributed by atoms with Gasteiger partial charge in [-0.1, -0.05) is 30.6 Å². The lowest BCUT2D eigenvalue weighted by Gasteiger charge is -2.18. The van der Waals surface area contributed by atoms with E-state index in [0.29, 0.717) is 23.9 Å². The number of hydrogen-bond donors (Lipinski definition) is 1. The van der Waals surface area contributed by atoms with Crippen LogP contribution in [0.4, 0.5) is 5.13 Å². The highest BCUT2D eigenvalue weighted by atomic mass is 32.1. The van der Waals surface area contributed by atoms with Crippen molar-refractivity contribution in [2.75, 3.05) is 5.32 Å². The SMILES string of the molecule is Cc1nn2cnnc2c(C)c1CCC(=O)Nc1nnc(C2CCCCC2)s1. The minimum absolute atomic E-state index is 0.0542. The number of aromatic nitrogens is 6. The quantitative estimate of drug-likeness (QED) is 0.724. The summed E-state index contributed by atoms with van der Waals surface area (Å²) in [5, 5.41) is 25.4. The number of hydrogen-bond acceptors (Lipinski definition) is 7. The summed E-state index contributed by atoms with van der Waals surface area (Å²) < 4.78 is 1.67. The van der Waals surface area contributed by atoms with Crippen molar-refractivity contribution in [3.05, 3.63) is 28.2 Å². The first-order valence-electron chi connectivity index (χ1n) is 9.41. The molecular formula is C18H23N7OS. The van der Waals surface area contributed by atoms with Crippen molar-refractivity contribution in [2.45, 2.75) is 64.7 Å². The third-order valence-corrected chi connectivity index (χ3v) is 6.26. The molecular weight excluding hydrogens is 362 g/mol. The van der Waals surface area contributed by atoms with Crippen LogP contribution >= 0.6 is 11.3 Å². The fourth-order valence-corrected chi connectivity index (χ4v) is 4.70. The summed E-state index contributed by atoms with van der Waals surface area (Å²) in [4.78, 5) is 12.4. The third kappa shape index (κ3) is 3.83. The van der Waals surface area contributed by atoms with Gasteiger partial charge in [0.1, 0.15) is 11.3 Å². The Kier molecular flexibility index (Phi) is 5.11. The van der Waals surface area contributed by atoms with E-state index >= 15 is 0 Å². The number of carbonyl (C=O) groups is 1. The van der Waals surface area contributed by atoms with Gasteiger partial charge in [-0.2, -0.15) is 5.10 Å². The second-order valence-corrected chi connectivity index (χ2v) is 8.13. The molecule has 0 aromatic carbocycles. The fourth-order valence-electron chi connectivity index (χ4n) is 3.77. The molecule has 0 aliphatic heterocycles. The minimum atomic E-state index is -0.0542. The van der Waals surface area contributed by atoms with Crippen molar-refractivity contribution in [1.82, 2.24) is 30.0 Å². The zero-order chi connectivity index (χ0) is 18.8. The highest BCUT2D eigenvalue weighted by molar-refractivity contribution is 7.15. The van der Waals surface area contributed by atoms with Crippen LogP contribution in [0.25, 0.3) is 5.65 Å². The van der Waals surface area contributed by atoms with Crippen molar-refractivity contribution < 1.29 is 4.79 Å². The largest absolute Gasteiger partial charge is 0.301 e. The van der Waals surface area contributed by atoms with Crippen LogP contribution < -0.4 is 5.32 Å². The predicted molar refractivity (Wildman–Crippen MR) is 103 cm³/mol. The molecule has 3 aromatic heterocycles. The molecule has 1 N–H and O–H groups in total. The number of fused-ring (bicyclic) bond motifs is 1. The molecule has 0 radical (unpaired) electrons. The van der Waals surface area contributed by atoms with E-state index in [9.17, 15) is 4.79 Å². The maximum Gasteiger partial charge on any atom is 0.226 e. The van der Waals surface area contributed by atoms with E-state index in [0.717, 1.165) is 27.5 Å². The molecule has 27 heavy (non-hydrogen) atoms. The number of aryl methyl sites for hydroxylation is 2. The summed E-state index contributed by atoms with van der Waals surface area (Å²) in [6.45, 7) is 3.94. The Morgan fingerprint density at radius 2 is 2.04 bits per heavy atom. The van der Waals surface area contributed by atoms with Crippen molar-refractivity contribution in [3.8, 4) is 0 Å². The molecule has 1 fully saturated rings. The summed E-state index contributed by atoms with van der Waals surface area (Å²) in [6, 6.07) is 0. The Morgan fingerprint density at radius 3 is 2.85 bits per heavy atom. The molecule has 4 rings (SSSR count). The molecule has 0 bridgehead atoms. The van der Waals surface area contributed by atoms with Crippen molar-refractivity contribution in [3.63, 3.8) is 0 Å². The molecule has 8 nitrogen and oxygen atoms in total. The second kappa shape index (κ2) is 7.67. The van der Waals surface area contributed by atoms with Gasteiger partial charge in [0.2, 0.25) is 11.0 Å². The molecule has 1 saturated carbocycles. The van der Waals surface area contributed by atoms with Crippen LogP contribution in [0.3, 0.4) is 0 Å². The van der Waals surface area contributed by atoms with E-state index in [2.05, 4.69) is 30.8 Å². The summed E-state index contributed by atoms with van der Waals surface area (Å²) in [5.74, 6) is 0.453. The van der Waals surface area contributed by atoms with Crippen LogP contribution in [0.15, 0.2) is 6.33 Å². The summed E-state index contributed by atoms with van der Waals surface area (Å²) >= 11 is 1.51. The van der Waals surface area contributed by atoms with Crippen LogP contribution in [0.1, 0.15) is 66.3 Å². The van der Waals surface area contributed by atoms with E-state index < -0.39 is 0 Å². The minimum Gasteiger partial charge on any atom is -0.301 e. The van der Waals surface area contributed by atoms with Gasteiger partial charge in [0, 0.05) is 17.9 Å². The molecule has 3 aromatic rings. The summed E-state index contributed by atoms with van der Waals surface area (Å²) in [5.41, 5.74) is 3.69. The van der Waals surface area contributed by atoms with Crippen molar-refractivity contribution in [2.24, 2.45) is 0 Å². The van der Waals surface area contributed by atoms with Gasteiger partial charge in [-0.05, 0) is 38.7 Å². The van der Waals surface area contributed by atoms with Gasteiger partial charge in [-0.15, -0.1) is 20.4 Å². The molecule has 3 heterocycles. The summed E-state index contributed by atoms with van der Waals surface area (Å²) in [7, 11) is 0. The monoisotopic (exact) mass is 385 g/mol. The normalized spacial score (nSPS) is 15.3. The Balaban J connectivity index is 1.38. The number of anilines is 1. The lowest BCUT2D eigenvalue weighted by atomic mass is 9.90. The molecule has 0 atom stereocenters. The number of rotatable bonds is 5. The first-order chi connectivity index (χ1) is 13.1. The lowest BCUT2D eigenvalue weighted by Crippen LogP contribution is -2.13. The second-order valence-electron chi connectivity index (χ2n) is 7.12. The molecule has 1 aliphatic carbocycles. The highest BCUT2D eigenvalue weighted by Crippen LogP contribution is 2.35. The average molecular weight is 385 g/mol. The van der Waals surface area contributed by atoms with Gasteiger partial charge in [0.05, 0.1) is 5.69 Å². The van der Waals surface area contributed by atoms with Crippen LogP contribution in [0.5, 0.6) is 0 Å². The number of nitrogens with one attached hydrogen (secondary N) is 1. The Labute approximate surface area is 161 Å². The first kappa shape index (κ1) is 18.0. The van der Waals surface area contributed by atoms with Crippen LogP contribution in [-0.2, 0) is 11.2 Å². The maximum atomic E-state index is 12.4. The molecule has 0 spiro atoms. The van der Waals surface area contributed by atoms with E-state index in [1.165, 1.54) is 43.4 Å². The predicted octanol–water partition coefficient (Wildman–Crippen LogP) is 3.21. The summed E-state index contributed by atoms with van der Waals surface area (Å²) in [6.07, 6.45) is 8.75. The standard InChI is InChI=1S/C18H23N7OS/c1-11-14(12(2)24-25-10-19-21-16(11)25)8-9-15(26)20-18-23-22-17(27-18)13-6-4-3-5-7-13/h10,13H,3-9H2,1-2H3,(H,20,23,26). The lowest BCUT2D eigenvalue weighted by molar-refractivity contribution is -0.116. The van der Waals surface area contributed by atoms with E-state index in [-0.39, 0.29) is 5.91 Å². The third-order valence-electron chi connectivity index (χ3n) is 5.26. The van der Waals surface area contributed by atoms with Crippen molar-refractivity contribution in [1.29, 1.82) is 0 Å². The molecule has 9 heteroatoms. The highest BCUT2D eigenvalue weighted by Gasteiger charge is 2.20. The van der Waals surface area contributed by atoms with E-state index in [1.807, 2.05) is 13.8 Å². The van der Waals surface area contributed by atoms with Crippen molar-refractivity contribution >= 4 is 28.0 Å². The van der Waals surface area contributed by atoms with E-state index in [4.69, 9.17) is 0 Å². The van der Waals surface area contributed by atoms with Gasteiger partial charge >= 0.3 is 0 Å². The smallest absolute Gasteiger partial charge is 0.226 e. The number of amides is 1.